The summed E-state index contributed by atoms with van der Waals surface area (Å²) < 4.78 is 16.0. The van der Waals surface area contributed by atoms with Gasteiger partial charge >= 0.3 is 5.69 Å². The van der Waals surface area contributed by atoms with Gasteiger partial charge in [-0.1, -0.05) is 6.07 Å². The van der Waals surface area contributed by atoms with Gasteiger partial charge in [-0.15, -0.1) is 0 Å². The number of hydrogen-bond donors (Lipinski definition) is 1. The van der Waals surface area contributed by atoms with Gasteiger partial charge in [-0.2, -0.15) is 0 Å². The van der Waals surface area contributed by atoms with Crippen molar-refractivity contribution in [1.29, 1.82) is 0 Å². The van der Waals surface area contributed by atoms with Crippen molar-refractivity contribution in [1.82, 2.24) is 14.1 Å². The molecule has 0 saturated heterocycles. The number of aryl methyl sites for hydroxylation is 4. The van der Waals surface area contributed by atoms with Gasteiger partial charge in [-0.05, 0) is 56.0 Å². The zero-order valence-corrected chi connectivity index (χ0v) is 17.1. The summed E-state index contributed by atoms with van der Waals surface area (Å²) in [6.07, 6.45) is 0.517. The molecule has 0 saturated carbocycles. The lowest BCUT2D eigenvalue weighted by atomic mass is 10.00. The van der Waals surface area contributed by atoms with Gasteiger partial charge in [0.25, 0.3) is 5.56 Å². The zero-order valence-electron chi connectivity index (χ0n) is 17.1. The average Bonchev–Trinajstić information content (AvgIpc) is 2.67. The first-order valence-electron chi connectivity index (χ1n) is 9.23. The SMILES string of the molecule is Cc1ccc(NC(=O)CCc2c(C)nc3c(c2C)c(=O)n(C)c(=O)n3C)cc1F. The second kappa shape index (κ2) is 7.62. The van der Waals surface area contributed by atoms with Gasteiger partial charge in [-0.25, -0.2) is 14.2 Å². The molecule has 2 aromatic heterocycles. The number of amides is 1. The van der Waals surface area contributed by atoms with Crippen LogP contribution < -0.4 is 16.6 Å². The van der Waals surface area contributed by atoms with E-state index in [-0.39, 0.29) is 18.1 Å². The smallest absolute Gasteiger partial charge is 0.326 e. The van der Waals surface area contributed by atoms with Crippen molar-refractivity contribution < 1.29 is 9.18 Å². The van der Waals surface area contributed by atoms with E-state index in [1.807, 2.05) is 0 Å². The minimum Gasteiger partial charge on any atom is -0.326 e. The Morgan fingerprint density at radius 1 is 1.14 bits per heavy atom. The predicted molar refractivity (Wildman–Crippen MR) is 110 cm³/mol. The molecular formula is C21H23FN4O3. The van der Waals surface area contributed by atoms with Gasteiger partial charge in [-0.3, -0.25) is 18.7 Å². The molecule has 0 radical (unpaired) electrons. The number of pyridine rings is 1. The molecule has 0 fully saturated rings. The monoisotopic (exact) mass is 398 g/mol. The summed E-state index contributed by atoms with van der Waals surface area (Å²) in [6.45, 7) is 5.24. The van der Waals surface area contributed by atoms with Crippen molar-refractivity contribution in [2.45, 2.75) is 33.6 Å². The van der Waals surface area contributed by atoms with Crippen LogP contribution in [0.25, 0.3) is 11.0 Å². The van der Waals surface area contributed by atoms with Gasteiger partial charge in [0.05, 0.1) is 5.39 Å². The van der Waals surface area contributed by atoms with Crippen molar-refractivity contribution in [3.63, 3.8) is 0 Å². The van der Waals surface area contributed by atoms with Crippen molar-refractivity contribution >= 4 is 22.6 Å². The van der Waals surface area contributed by atoms with Crippen molar-refractivity contribution in [3.8, 4) is 0 Å². The third kappa shape index (κ3) is 3.70. The highest BCUT2D eigenvalue weighted by molar-refractivity contribution is 5.91. The van der Waals surface area contributed by atoms with Crippen LogP contribution in [0.4, 0.5) is 10.1 Å². The minimum absolute atomic E-state index is 0.149. The molecule has 0 bridgehead atoms. The Hall–Kier alpha value is -3.29. The van der Waals surface area contributed by atoms with E-state index in [0.29, 0.717) is 40.0 Å². The molecule has 0 aliphatic carbocycles. The summed E-state index contributed by atoms with van der Waals surface area (Å²) in [6, 6.07) is 4.53. The van der Waals surface area contributed by atoms with E-state index in [1.165, 1.54) is 17.7 Å². The molecule has 1 amide bonds. The van der Waals surface area contributed by atoms with E-state index in [4.69, 9.17) is 0 Å². The van der Waals surface area contributed by atoms with Crippen molar-refractivity contribution in [2.24, 2.45) is 14.1 Å². The molecule has 8 heteroatoms. The molecule has 2 heterocycles. The molecule has 0 aliphatic rings. The van der Waals surface area contributed by atoms with E-state index in [1.54, 1.807) is 40.0 Å². The van der Waals surface area contributed by atoms with Gasteiger partial charge in [0, 0.05) is 31.9 Å². The molecule has 29 heavy (non-hydrogen) atoms. The normalized spacial score (nSPS) is 11.1. The maximum atomic E-state index is 13.7. The van der Waals surface area contributed by atoms with Gasteiger partial charge in [0.1, 0.15) is 11.5 Å². The quantitative estimate of drug-likeness (QED) is 0.731. The lowest BCUT2D eigenvalue weighted by Gasteiger charge is -2.15. The Balaban J connectivity index is 1.90. The van der Waals surface area contributed by atoms with E-state index in [0.717, 1.165) is 10.1 Å². The highest BCUT2D eigenvalue weighted by Crippen LogP contribution is 2.21. The lowest BCUT2D eigenvalue weighted by molar-refractivity contribution is -0.116. The maximum absolute atomic E-state index is 13.7. The standard InChI is InChI=1S/C21H23FN4O3/c1-11-6-7-14(10-16(11)22)24-17(27)9-8-15-12(2)18-19(23-13(15)3)25(4)21(29)26(5)20(18)28/h6-7,10H,8-9H2,1-5H3,(H,24,27). The topological polar surface area (TPSA) is 86.0 Å². The molecule has 7 nitrogen and oxygen atoms in total. The second-order valence-corrected chi connectivity index (χ2v) is 7.22. The Morgan fingerprint density at radius 2 is 1.83 bits per heavy atom. The number of hydrogen-bond acceptors (Lipinski definition) is 4. The van der Waals surface area contributed by atoms with Crippen LogP contribution in [0.3, 0.4) is 0 Å². The Bertz CT molecular complexity index is 1260. The number of nitrogens with one attached hydrogen (secondary N) is 1. The molecule has 3 rings (SSSR count). The number of halogens is 1. The van der Waals surface area contributed by atoms with Crippen LogP contribution in [0.1, 0.15) is 28.8 Å². The van der Waals surface area contributed by atoms with Crippen LogP contribution in [-0.4, -0.2) is 20.0 Å². The summed E-state index contributed by atoms with van der Waals surface area (Å²) in [5.74, 6) is -0.643. The third-order valence-corrected chi connectivity index (χ3v) is 5.23. The summed E-state index contributed by atoms with van der Waals surface area (Å²) in [7, 11) is 3.00. The first-order valence-corrected chi connectivity index (χ1v) is 9.23. The van der Waals surface area contributed by atoms with E-state index < -0.39 is 11.2 Å². The first-order chi connectivity index (χ1) is 13.6. The number of anilines is 1. The molecule has 0 spiro atoms. The Labute approximate surface area is 166 Å². The number of fused-ring (bicyclic) bond motifs is 1. The number of nitrogens with zero attached hydrogens (tertiary/aromatic N) is 3. The number of carbonyl (C=O) groups excluding carboxylic acids is 1. The lowest BCUT2D eigenvalue weighted by Crippen LogP contribution is -2.38. The van der Waals surface area contributed by atoms with E-state index in [2.05, 4.69) is 10.3 Å². The number of aromatic nitrogens is 3. The number of carbonyl (C=O) groups is 1. The molecule has 1 aromatic carbocycles. The van der Waals surface area contributed by atoms with Crippen LogP contribution in [0, 0.1) is 26.6 Å². The fourth-order valence-electron chi connectivity index (χ4n) is 3.44. The number of rotatable bonds is 4. The highest BCUT2D eigenvalue weighted by atomic mass is 19.1. The number of benzene rings is 1. The van der Waals surface area contributed by atoms with Crippen molar-refractivity contribution in [2.75, 3.05) is 5.32 Å². The molecule has 1 N–H and O–H groups in total. The fourth-order valence-corrected chi connectivity index (χ4v) is 3.44. The molecule has 152 valence electrons. The molecule has 0 aliphatic heterocycles. The van der Waals surface area contributed by atoms with E-state index >= 15 is 0 Å². The van der Waals surface area contributed by atoms with Crippen LogP contribution >= 0.6 is 0 Å². The molecule has 0 atom stereocenters. The summed E-state index contributed by atoms with van der Waals surface area (Å²) >= 11 is 0. The summed E-state index contributed by atoms with van der Waals surface area (Å²) in [5.41, 5.74) is 2.54. The molecule has 3 aromatic rings. The van der Waals surface area contributed by atoms with Crippen LogP contribution in [0.5, 0.6) is 0 Å². The summed E-state index contributed by atoms with van der Waals surface area (Å²) in [5, 5.41) is 3.05. The maximum Gasteiger partial charge on any atom is 0.332 e. The molecule has 0 unspecified atom stereocenters. The van der Waals surface area contributed by atoms with Crippen molar-refractivity contribution in [3.05, 3.63) is 67.2 Å². The summed E-state index contributed by atoms with van der Waals surface area (Å²) in [4.78, 5) is 41.5. The van der Waals surface area contributed by atoms with Crippen LogP contribution in [0.15, 0.2) is 27.8 Å². The Kier molecular flexibility index (Phi) is 5.37. The van der Waals surface area contributed by atoms with E-state index in [9.17, 15) is 18.8 Å². The van der Waals surface area contributed by atoms with Gasteiger partial charge < -0.3 is 5.32 Å². The largest absolute Gasteiger partial charge is 0.332 e. The van der Waals surface area contributed by atoms with Crippen LogP contribution in [0.2, 0.25) is 0 Å². The predicted octanol–water partition coefficient (Wildman–Crippen LogP) is 2.27. The van der Waals surface area contributed by atoms with Crippen LogP contribution in [-0.2, 0) is 25.3 Å². The Morgan fingerprint density at radius 3 is 2.48 bits per heavy atom. The second-order valence-electron chi connectivity index (χ2n) is 7.22. The third-order valence-electron chi connectivity index (χ3n) is 5.23. The van der Waals surface area contributed by atoms with Gasteiger partial charge in [0.2, 0.25) is 5.91 Å². The minimum atomic E-state index is -0.439. The highest BCUT2D eigenvalue weighted by Gasteiger charge is 2.17. The average molecular weight is 398 g/mol. The van der Waals surface area contributed by atoms with Gasteiger partial charge in [0.15, 0.2) is 0 Å². The molecular weight excluding hydrogens is 375 g/mol. The first kappa shape index (κ1) is 20.4. The zero-order chi connectivity index (χ0) is 21.5. The fraction of sp³-hybridized carbons (Fsp3) is 0.333.